The first-order valence-corrected chi connectivity index (χ1v) is 6.21. The highest BCUT2D eigenvalue weighted by Crippen LogP contribution is 2.34. The number of halogens is 1. The number of fused-ring (bicyclic) bond motifs is 2. The van der Waals surface area contributed by atoms with E-state index in [0.29, 0.717) is 12.1 Å². The Morgan fingerprint density at radius 2 is 2.17 bits per heavy atom. The summed E-state index contributed by atoms with van der Waals surface area (Å²) in [5.74, 6) is -0.839. The second-order valence-corrected chi connectivity index (χ2v) is 4.85. The van der Waals surface area contributed by atoms with Gasteiger partial charge in [-0.3, -0.25) is 4.79 Å². The lowest BCUT2D eigenvalue weighted by atomic mass is 9.88. The first kappa shape index (κ1) is 11.5. The standard InChI is InChI=1S/C13H16FN3O/c1-15-13(18)11-3-2-8(5-12(11)14)17-9-4-10(17)7-16-6-9/h2-3,5,9-10,16H,4,6-7H2,1H3,(H,15,18). The number of hydrogen-bond acceptors (Lipinski definition) is 3. The molecule has 5 heteroatoms. The monoisotopic (exact) mass is 249 g/mol. The lowest BCUT2D eigenvalue weighted by molar-refractivity contribution is 0.0959. The van der Waals surface area contributed by atoms with Crippen molar-refractivity contribution in [2.75, 3.05) is 25.0 Å². The molecule has 2 aliphatic heterocycles. The van der Waals surface area contributed by atoms with Crippen LogP contribution in [0.5, 0.6) is 0 Å². The van der Waals surface area contributed by atoms with E-state index in [1.807, 2.05) is 6.07 Å². The van der Waals surface area contributed by atoms with E-state index in [0.717, 1.165) is 18.8 Å². The molecule has 1 aromatic rings. The van der Waals surface area contributed by atoms with E-state index in [1.165, 1.54) is 19.5 Å². The molecule has 2 bridgehead atoms. The fourth-order valence-electron chi connectivity index (χ4n) is 2.89. The maximum Gasteiger partial charge on any atom is 0.253 e. The normalized spacial score (nSPS) is 25.6. The van der Waals surface area contributed by atoms with Gasteiger partial charge < -0.3 is 15.5 Å². The van der Waals surface area contributed by atoms with Crippen LogP contribution in [0.25, 0.3) is 0 Å². The number of rotatable bonds is 2. The number of piperidine rings is 1. The highest BCUT2D eigenvalue weighted by molar-refractivity contribution is 5.94. The summed E-state index contributed by atoms with van der Waals surface area (Å²) in [5.41, 5.74) is 0.980. The molecule has 2 unspecified atom stereocenters. The molecule has 2 aliphatic rings. The number of anilines is 1. The van der Waals surface area contributed by atoms with Crippen molar-refractivity contribution < 1.29 is 9.18 Å². The number of amides is 1. The average molecular weight is 249 g/mol. The summed E-state index contributed by atoms with van der Waals surface area (Å²) in [7, 11) is 1.50. The number of carbonyl (C=O) groups excluding carboxylic acids is 1. The van der Waals surface area contributed by atoms with Gasteiger partial charge in [0.2, 0.25) is 0 Å². The van der Waals surface area contributed by atoms with Crippen molar-refractivity contribution >= 4 is 11.6 Å². The molecule has 0 aromatic heterocycles. The predicted molar refractivity (Wildman–Crippen MR) is 67.3 cm³/mol. The summed E-state index contributed by atoms with van der Waals surface area (Å²) in [6.45, 7) is 1.91. The highest BCUT2D eigenvalue weighted by Gasteiger charge is 2.41. The summed E-state index contributed by atoms with van der Waals surface area (Å²) in [4.78, 5) is 13.7. The molecular formula is C13H16FN3O. The van der Waals surface area contributed by atoms with Gasteiger partial charge in [-0.2, -0.15) is 0 Å². The quantitative estimate of drug-likeness (QED) is 0.812. The van der Waals surface area contributed by atoms with E-state index < -0.39 is 5.82 Å². The molecule has 2 fully saturated rings. The minimum absolute atomic E-state index is 0.102. The highest BCUT2D eigenvalue weighted by atomic mass is 19.1. The zero-order valence-electron chi connectivity index (χ0n) is 10.2. The largest absolute Gasteiger partial charge is 0.363 e. The SMILES string of the molecule is CNC(=O)c1ccc(N2C3CNCC2C3)cc1F. The van der Waals surface area contributed by atoms with Gasteiger partial charge in [-0.05, 0) is 24.6 Å². The van der Waals surface area contributed by atoms with Crippen molar-refractivity contribution in [3.05, 3.63) is 29.6 Å². The van der Waals surface area contributed by atoms with E-state index >= 15 is 0 Å². The first-order chi connectivity index (χ1) is 8.70. The maximum absolute atomic E-state index is 13.9. The van der Waals surface area contributed by atoms with Crippen molar-refractivity contribution in [1.82, 2.24) is 10.6 Å². The van der Waals surface area contributed by atoms with Crippen LogP contribution in [0.15, 0.2) is 18.2 Å². The number of nitrogens with zero attached hydrogens (tertiary/aromatic N) is 1. The van der Waals surface area contributed by atoms with Crippen LogP contribution in [0, 0.1) is 5.82 Å². The van der Waals surface area contributed by atoms with Crippen molar-refractivity contribution in [3.8, 4) is 0 Å². The zero-order valence-corrected chi connectivity index (χ0v) is 10.2. The van der Waals surface area contributed by atoms with Gasteiger partial charge in [0.25, 0.3) is 5.91 Å². The third-order valence-corrected chi connectivity index (χ3v) is 3.81. The molecule has 4 nitrogen and oxygen atoms in total. The second kappa shape index (κ2) is 4.24. The van der Waals surface area contributed by atoms with Crippen LogP contribution in [0.1, 0.15) is 16.8 Å². The molecule has 3 rings (SSSR count). The van der Waals surface area contributed by atoms with Gasteiger partial charge >= 0.3 is 0 Å². The Morgan fingerprint density at radius 1 is 1.44 bits per heavy atom. The molecule has 1 aromatic carbocycles. The molecule has 2 heterocycles. The zero-order chi connectivity index (χ0) is 12.7. The molecule has 96 valence electrons. The number of benzene rings is 1. The van der Waals surface area contributed by atoms with Gasteiger partial charge in [0, 0.05) is 37.9 Å². The predicted octanol–water partition coefficient (Wildman–Crippen LogP) is 0.736. The Hall–Kier alpha value is -1.62. The maximum atomic E-state index is 13.9. The third kappa shape index (κ3) is 1.66. The van der Waals surface area contributed by atoms with E-state index in [-0.39, 0.29) is 11.5 Å². The second-order valence-electron chi connectivity index (χ2n) is 4.85. The van der Waals surface area contributed by atoms with Gasteiger partial charge in [0.15, 0.2) is 0 Å². The van der Waals surface area contributed by atoms with Gasteiger partial charge in [-0.1, -0.05) is 0 Å². The first-order valence-electron chi connectivity index (χ1n) is 6.21. The summed E-state index contributed by atoms with van der Waals surface area (Å²) in [5, 5.41) is 5.77. The Kier molecular flexibility index (Phi) is 2.70. The number of nitrogens with one attached hydrogen (secondary N) is 2. The van der Waals surface area contributed by atoms with Crippen molar-refractivity contribution in [1.29, 1.82) is 0 Å². The molecule has 2 saturated heterocycles. The lowest BCUT2D eigenvalue weighted by Crippen LogP contribution is -2.68. The van der Waals surface area contributed by atoms with Crippen molar-refractivity contribution in [2.45, 2.75) is 18.5 Å². The van der Waals surface area contributed by atoms with Crippen molar-refractivity contribution in [2.24, 2.45) is 0 Å². The van der Waals surface area contributed by atoms with Gasteiger partial charge in [-0.15, -0.1) is 0 Å². The van der Waals surface area contributed by atoms with Crippen LogP contribution in [0.4, 0.5) is 10.1 Å². The van der Waals surface area contributed by atoms with Crippen LogP contribution >= 0.6 is 0 Å². The van der Waals surface area contributed by atoms with Crippen LogP contribution < -0.4 is 15.5 Å². The van der Waals surface area contributed by atoms with E-state index in [1.54, 1.807) is 6.07 Å². The van der Waals surface area contributed by atoms with Crippen LogP contribution in [-0.4, -0.2) is 38.1 Å². The Bertz CT molecular complexity index is 477. The van der Waals surface area contributed by atoms with E-state index in [4.69, 9.17) is 0 Å². The van der Waals surface area contributed by atoms with Crippen LogP contribution in [0.2, 0.25) is 0 Å². The summed E-state index contributed by atoms with van der Waals surface area (Å²) in [6, 6.07) is 5.79. The molecule has 1 amide bonds. The fraction of sp³-hybridized carbons (Fsp3) is 0.462. The van der Waals surface area contributed by atoms with Gasteiger partial charge in [0.05, 0.1) is 5.56 Å². The van der Waals surface area contributed by atoms with E-state index in [9.17, 15) is 9.18 Å². The molecule has 2 N–H and O–H groups in total. The summed E-state index contributed by atoms with van der Waals surface area (Å²) in [6.07, 6.45) is 1.17. The minimum Gasteiger partial charge on any atom is -0.363 e. The van der Waals surface area contributed by atoms with E-state index in [2.05, 4.69) is 15.5 Å². The summed E-state index contributed by atoms with van der Waals surface area (Å²) >= 11 is 0. The van der Waals surface area contributed by atoms with Crippen LogP contribution in [0.3, 0.4) is 0 Å². The smallest absolute Gasteiger partial charge is 0.253 e. The average Bonchev–Trinajstić information content (AvgIpc) is 2.39. The topological polar surface area (TPSA) is 44.4 Å². The fourth-order valence-corrected chi connectivity index (χ4v) is 2.89. The van der Waals surface area contributed by atoms with Crippen molar-refractivity contribution in [3.63, 3.8) is 0 Å². The third-order valence-electron chi connectivity index (χ3n) is 3.81. The Labute approximate surface area is 105 Å². The van der Waals surface area contributed by atoms with Gasteiger partial charge in [-0.25, -0.2) is 4.39 Å². The molecule has 0 radical (unpaired) electrons. The molecule has 18 heavy (non-hydrogen) atoms. The molecule has 0 spiro atoms. The molecule has 2 atom stereocenters. The lowest BCUT2D eigenvalue weighted by Gasteiger charge is -2.54. The van der Waals surface area contributed by atoms with Crippen LogP contribution in [-0.2, 0) is 0 Å². The Balaban J connectivity index is 1.86. The minimum atomic E-state index is -0.454. The molecule has 0 aliphatic carbocycles. The number of carbonyl (C=O) groups is 1. The summed E-state index contributed by atoms with van der Waals surface area (Å²) < 4.78 is 13.9. The number of piperazine rings is 1. The van der Waals surface area contributed by atoms with Gasteiger partial charge in [0.1, 0.15) is 5.82 Å². The Morgan fingerprint density at radius 3 is 2.72 bits per heavy atom. The molecular weight excluding hydrogens is 233 g/mol. The molecule has 0 saturated carbocycles. The number of hydrogen-bond donors (Lipinski definition) is 2.